The lowest BCUT2D eigenvalue weighted by Gasteiger charge is -1.99. The molecule has 0 saturated carbocycles. The summed E-state index contributed by atoms with van der Waals surface area (Å²) in [4.78, 5) is 4.61. The van der Waals surface area contributed by atoms with Gasteiger partial charge in [-0.25, -0.2) is 4.98 Å². The van der Waals surface area contributed by atoms with E-state index in [-0.39, 0.29) is 0 Å². The van der Waals surface area contributed by atoms with Gasteiger partial charge in [-0.2, -0.15) is 0 Å². The Bertz CT molecular complexity index is 482. The molecule has 0 aliphatic rings. The van der Waals surface area contributed by atoms with Crippen LogP contribution >= 0.6 is 27.3 Å². The third kappa shape index (κ3) is 3.91. The van der Waals surface area contributed by atoms with Crippen LogP contribution in [0.5, 0.6) is 0 Å². The number of nitrogens with one attached hydrogen (secondary N) is 1. The molecule has 2 aromatic rings. The summed E-state index contributed by atoms with van der Waals surface area (Å²) in [7, 11) is 0. The van der Waals surface area contributed by atoms with Gasteiger partial charge in [0.1, 0.15) is 0 Å². The molecule has 0 aliphatic heterocycles. The number of halogens is 1. The van der Waals surface area contributed by atoms with Crippen molar-refractivity contribution in [2.75, 3.05) is 6.54 Å². The molecule has 0 aliphatic carbocycles. The maximum atomic E-state index is 4.61. The number of aromatic nitrogens is 1. The zero-order valence-corrected chi connectivity index (χ0v) is 12.1. The van der Waals surface area contributed by atoms with Gasteiger partial charge in [0.15, 0.2) is 0 Å². The number of hydrogen-bond acceptors (Lipinski definition) is 3. The normalized spacial score (nSPS) is 10.7. The average molecular weight is 311 g/mol. The highest BCUT2D eigenvalue weighted by atomic mass is 79.9. The molecule has 0 spiro atoms. The number of rotatable bonds is 5. The Hall–Kier alpha value is -0.710. The van der Waals surface area contributed by atoms with E-state index in [1.165, 1.54) is 10.6 Å². The lowest BCUT2D eigenvalue weighted by molar-refractivity contribution is 0.712. The van der Waals surface area contributed by atoms with Crippen LogP contribution in [0.4, 0.5) is 0 Å². The molecule has 0 fully saturated rings. The second kappa shape index (κ2) is 6.28. The molecule has 1 aromatic heterocycles. The Kier molecular flexibility index (Phi) is 4.71. The van der Waals surface area contributed by atoms with E-state index in [0.717, 1.165) is 29.7 Å². The third-order valence-electron chi connectivity index (χ3n) is 2.40. The van der Waals surface area contributed by atoms with Crippen molar-refractivity contribution in [2.45, 2.75) is 19.9 Å². The molecule has 2 nitrogen and oxygen atoms in total. The van der Waals surface area contributed by atoms with E-state index >= 15 is 0 Å². The quantitative estimate of drug-likeness (QED) is 0.912. The lowest BCUT2D eigenvalue weighted by Crippen LogP contribution is -2.11. The van der Waals surface area contributed by atoms with Gasteiger partial charge in [-0.1, -0.05) is 35.0 Å². The molecule has 4 heteroatoms. The van der Waals surface area contributed by atoms with Gasteiger partial charge in [-0.05, 0) is 24.2 Å². The van der Waals surface area contributed by atoms with Crippen LogP contribution in [0.15, 0.2) is 34.1 Å². The summed E-state index contributed by atoms with van der Waals surface area (Å²) in [5, 5.41) is 6.60. The van der Waals surface area contributed by atoms with Crippen LogP contribution in [0.2, 0.25) is 0 Å². The van der Waals surface area contributed by atoms with Crippen LogP contribution in [0, 0.1) is 0 Å². The molecule has 0 radical (unpaired) electrons. The molecule has 90 valence electrons. The minimum atomic E-state index is 0.867. The topological polar surface area (TPSA) is 24.9 Å². The first kappa shape index (κ1) is 12.7. The SMILES string of the molecule is CCNCc1csc(Cc2cccc(Br)c2)n1. The molecule has 0 bridgehead atoms. The first-order valence-corrected chi connectivity index (χ1v) is 7.33. The molecule has 2 rings (SSSR count). The Morgan fingerprint density at radius 3 is 3.06 bits per heavy atom. The van der Waals surface area contributed by atoms with Gasteiger partial charge in [-0.3, -0.25) is 0 Å². The summed E-state index contributed by atoms with van der Waals surface area (Å²) < 4.78 is 1.12. The maximum Gasteiger partial charge on any atom is 0.0972 e. The van der Waals surface area contributed by atoms with Gasteiger partial charge >= 0.3 is 0 Å². The highest BCUT2D eigenvalue weighted by Crippen LogP contribution is 2.17. The molecule has 0 amide bonds. The van der Waals surface area contributed by atoms with E-state index in [4.69, 9.17) is 0 Å². The molecule has 0 unspecified atom stereocenters. The molecule has 1 N–H and O–H groups in total. The largest absolute Gasteiger partial charge is 0.311 e. The van der Waals surface area contributed by atoms with Crippen LogP contribution in [0.1, 0.15) is 23.2 Å². The van der Waals surface area contributed by atoms with Crippen LogP contribution in [-0.4, -0.2) is 11.5 Å². The van der Waals surface area contributed by atoms with E-state index in [2.05, 4.69) is 56.7 Å². The summed E-state index contributed by atoms with van der Waals surface area (Å²) in [5.74, 6) is 0. The van der Waals surface area contributed by atoms with Gasteiger partial charge < -0.3 is 5.32 Å². The van der Waals surface area contributed by atoms with E-state index in [1.807, 2.05) is 6.07 Å². The smallest absolute Gasteiger partial charge is 0.0972 e. The third-order valence-corrected chi connectivity index (χ3v) is 3.79. The van der Waals surface area contributed by atoms with Crippen LogP contribution in [0.3, 0.4) is 0 Å². The number of hydrogen-bond donors (Lipinski definition) is 1. The van der Waals surface area contributed by atoms with Crippen molar-refractivity contribution in [3.8, 4) is 0 Å². The zero-order valence-electron chi connectivity index (χ0n) is 9.74. The van der Waals surface area contributed by atoms with Crippen molar-refractivity contribution < 1.29 is 0 Å². The molecule has 1 aromatic carbocycles. The van der Waals surface area contributed by atoms with E-state index < -0.39 is 0 Å². The van der Waals surface area contributed by atoms with E-state index in [1.54, 1.807) is 11.3 Å². The summed E-state index contributed by atoms with van der Waals surface area (Å²) >= 11 is 5.22. The van der Waals surface area contributed by atoms with Gasteiger partial charge in [0.25, 0.3) is 0 Å². The minimum Gasteiger partial charge on any atom is -0.311 e. The zero-order chi connectivity index (χ0) is 12.1. The summed E-state index contributed by atoms with van der Waals surface area (Å²) in [6.07, 6.45) is 0.913. The first-order valence-electron chi connectivity index (χ1n) is 5.66. The molecular formula is C13H15BrN2S. The van der Waals surface area contributed by atoms with Crippen molar-refractivity contribution in [1.82, 2.24) is 10.3 Å². The molecule has 17 heavy (non-hydrogen) atoms. The average Bonchev–Trinajstić information content (AvgIpc) is 2.74. The second-order valence-corrected chi connectivity index (χ2v) is 5.68. The van der Waals surface area contributed by atoms with E-state index in [9.17, 15) is 0 Å². The Labute approximate surface area is 114 Å². The van der Waals surface area contributed by atoms with Crippen molar-refractivity contribution in [3.05, 3.63) is 50.4 Å². The van der Waals surface area contributed by atoms with Crippen LogP contribution in [0.25, 0.3) is 0 Å². The maximum absolute atomic E-state index is 4.61. The van der Waals surface area contributed by atoms with E-state index in [0.29, 0.717) is 0 Å². The monoisotopic (exact) mass is 310 g/mol. The number of benzene rings is 1. The fraction of sp³-hybridized carbons (Fsp3) is 0.308. The fourth-order valence-corrected chi connectivity index (χ4v) is 2.86. The number of thiazole rings is 1. The molecule has 0 atom stereocenters. The van der Waals surface area contributed by atoms with Crippen molar-refractivity contribution in [3.63, 3.8) is 0 Å². The second-order valence-electron chi connectivity index (χ2n) is 3.82. The van der Waals surface area contributed by atoms with Crippen molar-refractivity contribution >= 4 is 27.3 Å². The predicted molar refractivity (Wildman–Crippen MR) is 76.4 cm³/mol. The first-order chi connectivity index (χ1) is 8.28. The Morgan fingerprint density at radius 2 is 2.29 bits per heavy atom. The molecule has 0 saturated heterocycles. The van der Waals surface area contributed by atoms with Crippen LogP contribution in [-0.2, 0) is 13.0 Å². The summed E-state index contributed by atoms with van der Waals surface area (Å²) in [6, 6.07) is 8.38. The number of nitrogens with zero attached hydrogens (tertiary/aromatic N) is 1. The molecule has 1 heterocycles. The van der Waals surface area contributed by atoms with Crippen molar-refractivity contribution in [1.29, 1.82) is 0 Å². The summed E-state index contributed by atoms with van der Waals surface area (Å²) in [5.41, 5.74) is 2.44. The Morgan fingerprint density at radius 1 is 1.41 bits per heavy atom. The fourth-order valence-electron chi connectivity index (χ4n) is 1.59. The standard InChI is InChI=1S/C13H15BrN2S/c1-2-15-8-12-9-17-13(16-12)7-10-4-3-5-11(14)6-10/h3-6,9,15H,2,7-8H2,1H3. The highest BCUT2D eigenvalue weighted by Gasteiger charge is 2.03. The van der Waals surface area contributed by atoms with Gasteiger partial charge in [-0.15, -0.1) is 11.3 Å². The lowest BCUT2D eigenvalue weighted by atomic mass is 10.2. The Balaban J connectivity index is 2.01. The predicted octanol–water partition coefficient (Wildman–Crippen LogP) is 3.61. The highest BCUT2D eigenvalue weighted by molar-refractivity contribution is 9.10. The van der Waals surface area contributed by atoms with Crippen molar-refractivity contribution in [2.24, 2.45) is 0 Å². The van der Waals surface area contributed by atoms with Crippen LogP contribution < -0.4 is 5.32 Å². The van der Waals surface area contributed by atoms with Gasteiger partial charge in [0.2, 0.25) is 0 Å². The molecular weight excluding hydrogens is 296 g/mol. The minimum absolute atomic E-state index is 0.867. The van der Waals surface area contributed by atoms with Gasteiger partial charge in [0.05, 0.1) is 10.7 Å². The summed E-state index contributed by atoms with van der Waals surface area (Å²) in [6.45, 7) is 3.96. The van der Waals surface area contributed by atoms with Gasteiger partial charge in [0, 0.05) is 22.8 Å².